The van der Waals surface area contributed by atoms with E-state index < -0.39 is 0 Å². The Morgan fingerprint density at radius 2 is 1.71 bits per heavy atom. The van der Waals surface area contributed by atoms with Crippen molar-refractivity contribution in [1.29, 1.82) is 0 Å². The van der Waals surface area contributed by atoms with Crippen LogP contribution in [0.5, 0.6) is 0 Å². The molecule has 0 aromatic carbocycles. The lowest BCUT2D eigenvalue weighted by molar-refractivity contribution is -0.142. The van der Waals surface area contributed by atoms with E-state index >= 15 is 0 Å². The Balaban J connectivity index is 1.74. The molecule has 0 spiro atoms. The number of hydrogen-bond donors (Lipinski definition) is 1. The highest BCUT2D eigenvalue weighted by Gasteiger charge is 2.60. The molecule has 3 rings (SSSR count). The average Bonchev–Trinajstić information content (AvgIpc) is 2.97. The average molecular weight is 236 g/mol. The van der Waals surface area contributed by atoms with Gasteiger partial charge in [0, 0.05) is 6.54 Å². The number of rotatable bonds is 4. The van der Waals surface area contributed by atoms with Gasteiger partial charge in [0.1, 0.15) is 0 Å². The Morgan fingerprint density at radius 3 is 2.24 bits per heavy atom. The first-order valence-electron chi connectivity index (χ1n) is 6.13. The highest BCUT2D eigenvalue weighted by molar-refractivity contribution is 6.06. The molecule has 2 amide bonds. The van der Waals surface area contributed by atoms with Gasteiger partial charge in [-0.15, -0.1) is 0 Å². The Morgan fingerprint density at radius 1 is 1.12 bits per heavy atom. The number of nitrogens with zero attached hydrogens (tertiary/aromatic N) is 1. The molecular weight excluding hydrogens is 220 g/mol. The number of fused-ring (bicyclic) bond motifs is 5. The minimum Gasteiger partial charge on any atom is -0.365 e. The molecule has 2 bridgehead atoms. The minimum atomic E-state index is -0.268. The molecular formula is C12H16N2O3. The maximum Gasteiger partial charge on any atom is 0.236 e. The number of hydrogen-bond acceptors (Lipinski definition) is 4. The number of nitrogens with two attached hydrogens (primary N) is 1. The standard InChI is InChI=1S/C12H16N2O3/c13-5-1-2-6-14-11(15)9-7-3-4-8(17-7)10(9)12(14)16/h3-4,7-10H,1-2,5-6,13H2/t7-,8-,9-,10-/m0/s1. The van der Waals surface area contributed by atoms with Gasteiger partial charge in [0.2, 0.25) is 11.8 Å². The van der Waals surface area contributed by atoms with Gasteiger partial charge in [-0.1, -0.05) is 12.2 Å². The SMILES string of the molecule is NCCCCN1C(=O)[C@@H]2[C@@H](C1=O)[C@@H]1C=C[C@@H]2O1. The van der Waals surface area contributed by atoms with Crippen LogP contribution in [0, 0.1) is 11.8 Å². The summed E-state index contributed by atoms with van der Waals surface area (Å²) in [6, 6.07) is 0. The van der Waals surface area contributed by atoms with Crippen LogP contribution >= 0.6 is 0 Å². The third kappa shape index (κ3) is 1.46. The van der Waals surface area contributed by atoms with Crippen molar-refractivity contribution >= 4 is 11.8 Å². The summed E-state index contributed by atoms with van der Waals surface area (Å²) in [7, 11) is 0. The van der Waals surface area contributed by atoms with Crippen LogP contribution in [0.4, 0.5) is 0 Å². The molecule has 0 unspecified atom stereocenters. The van der Waals surface area contributed by atoms with Gasteiger partial charge in [-0.2, -0.15) is 0 Å². The predicted octanol–water partition coefficient (Wildman–Crippen LogP) is -0.336. The third-order valence-corrected chi connectivity index (χ3v) is 3.84. The van der Waals surface area contributed by atoms with E-state index in [1.807, 2.05) is 12.2 Å². The number of amides is 2. The summed E-state index contributed by atoms with van der Waals surface area (Å²) in [6.07, 6.45) is 5.08. The van der Waals surface area contributed by atoms with Crippen LogP contribution in [0.2, 0.25) is 0 Å². The molecule has 2 fully saturated rings. The van der Waals surface area contributed by atoms with E-state index in [1.165, 1.54) is 4.90 Å². The second kappa shape index (κ2) is 3.92. The zero-order valence-electron chi connectivity index (χ0n) is 9.54. The summed E-state index contributed by atoms with van der Waals surface area (Å²) in [6.45, 7) is 1.10. The van der Waals surface area contributed by atoms with Crippen molar-refractivity contribution in [3.63, 3.8) is 0 Å². The maximum atomic E-state index is 12.1. The van der Waals surface area contributed by atoms with Crippen LogP contribution in [0.25, 0.3) is 0 Å². The van der Waals surface area contributed by atoms with Crippen molar-refractivity contribution in [1.82, 2.24) is 4.90 Å². The van der Waals surface area contributed by atoms with E-state index in [0.717, 1.165) is 12.8 Å². The molecule has 0 aliphatic carbocycles. The molecule has 92 valence electrons. The van der Waals surface area contributed by atoms with Gasteiger partial charge in [-0.25, -0.2) is 0 Å². The number of carbonyl (C=O) groups excluding carboxylic acids is 2. The highest BCUT2D eigenvalue weighted by Crippen LogP contribution is 2.44. The molecule has 0 radical (unpaired) electrons. The number of carbonyl (C=O) groups is 2. The van der Waals surface area contributed by atoms with Gasteiger partial charge in [0.25, 0.3) is 0 Å². The number of ether oxygens (including phenoxy) is 1. The summed E-state index contributed by atoms with van der Waals surface area (Å²) < 4.78 is 5.55. The van der Waals surface area contributed by atoms with Crippen LogP contribution in [0.3, 0.4) is 0 Å². The molecule has 5 nitrogen and oxygen atoms in total. The second-order valence-corrected chi connectivity index (χ2v) is 4.83. The monoisotopic (exact) mass is 236 g/mol. The number of unbranched alkanes of at least 4 members (excludes halogenated alkanes) is 1. The van der Waals surface area contributed by atoms with Gasteiger partial charge in [0.05, 0.1) is 24.0 Å². The zero-order chi connectivity index (χ0) is 12.0. The van der Waals surface area contributed by atoms with Crippen molar-refractivity contribution in [2.75, 3.05) is 13.1 Å². The fraction of sp³-hybridized carbons (Fsp3) is 0.667. The number of imide groups is 1. The fourth-order valence-corrected chi connectivity index (χ4v) is 3.00. The Kier molecular flexibility index (Phi) is 2.52. The Labute approximate surface area is 99.6 Å². The molecule has 3 aliphatic heterocycles. The molecule has 3 aliphatic rings. The molecule has 0 aromatic rings. The van der Waals surface area contributed by atoms with Crippen LogP contribution in [-0.2, 0) is 14.3 Å². The zero-order valence-corrected chi connectivity index (χ0v) is 9.54. The normalized spacial score (nSPS) is 38.3. The van der Waals surface area contributed by atoms with E-state index in [1.54, 1.807) is 0 Å². The second-order valence-electron chi connectivity index (χ2n) is 4.83. The fourth-order valence-electron chi connectivity index (χ4n) is 3.00. The lowest BCUT2D eigenvalue weighted by atomic mass is 9.85. The topological polar surface area (TPSA) is 72.6 Å². The van der Waals surface area contributed by atoms with Gasteiger partial charge >= 0.3 is 0 Å². The molecule has 5 heteroatoms. The van der Waals surface area contributed by atoms with E-state index in [0.29, 0.717) is 13.1 Å². The Hall–Kier alpha value is -1.20. The van der Waals surface area contributed by atoms with Crippen LogP contribution in [0.1, 0.15) is 12.8 Å². The highest BCUT2D eigenvalue weighted by atomic mass is 16.5. The molecule has 17 heavy (non-hydrogen) atoms. The Bertz CT molecular complexity index is 363. The lowest BCUT2D eigenvalue weighted by Gasteiger charge is -2.17. The van der Waals surface area contributed by atoms with Crippen LogP contribution in [-0.4, -0.2) is 42.0 Å². The summed E-state index contributed by atoms with van der Waals surface area (Å²) in [5, 5.41) is 0. The lowest BCUT2D eigenvalue weighted by Crippen LogP contribution is -2.35. The third-order valence-electron chi connectivity index (χ3n) is 3.84. The first-order valence-corrected chi connectivity index (χ1v) is 6.13. The van der Waals surface area contributed by atoms with Crippen LogP contribution in [0.15, 0.2) is 12.2 Å². The van der Waals surface area contributed by atoms with Crippen molar-refractivity contribution in [2.24, 2.45) is 17.6 Å². The first-order chi connectivity index (χ1) is 8.24. The smallest absolute Gasteiger partial charge is 0.236 e. The van der Waals surface area contributed by atoms with E-state index in [4.69, 9.17) is 10.5 Å². The molecule has 3 heterocycles. The van der Waals surface area contributed by atoms with Gasteiger partial charge in [-0.05, 0) is 19.4 Å². The molecule has 2 N–H and O–H groups in total. The summed E-state index contributed by atoms with van der Waals surface area (Å²) in [5.74, 6) is -0.659. The van der Waals surface area contributed by atoms with E-state index in [-0.39, 0.29) is 35.9 Å². The van der Waals surface area contributed by atoms with Gasteiger partial charge < -0.3 is 10.5 Å². The van der Waals surface area contributed by atoms with Crippen molar-refractivity contribution in [2.45, 2.75) is 25.0 Å². The molecule has 2 saturated heterocycles. The summed E-state index contributed by atoms with van der Waals surface area (Å²) in [5.41, 5.74) is 5.41. The van der Waals surface area contributed by atoms with Gasteiger partial charge in [0.15, 0.2) is 0 Å². The molecule has 0 aromatic heterocycles. The van der Waals surface area contributed by atoms with E-state index in [9.17, 15) is 9.59 Å². The number of likely N-dealkylation sites (tertiary alicyclic amines) is 1. The van der Waals surface area contributed by atoms with E-state index in [2.05, 4.69) is 0 Å². The van der Waals surface area contributed by atoms with Crippen molar-refractivity contribution in [3.8, 4) is 0 Å². The summed E-state index contributed by atoms with van der Waals surface area (Å²) in [4.78, 5) is 25.7. The largest absolute Gasteiger partial charge is 0.365 e. The maximum absolute atomic E-state index is 12.1. The van der Waals surface area contributed by atoms with Crippen molar-refractivity contribution < 1.29 is 14.3 Å². The molecule has 0 saturated carbocycles. The quantitative estimate of drug-likeness (QED) is 0.412. The van der Waals surface area contributed by atoms with Gasteiger partial charge in [-0.3, -0.25) is 14.5 Å². The predicted molar refractivity (Wildman–Crippen MR) is 59.8 cm³/mol. The minimum absolute atomic E-state index is 0.0612. The molecule has 4 atom stereocenters. The van der Waals surface area contributed by atoms with Crippen LogP contribution < -0.4 is 5.73 Å². The first kappa shape index (κ1) is 10.9. The van der Waals surface area contributed by atoms with Crippen molar-refractivity contribution in [3.05, 3.63) is 12.2 Å². The summed E-state index contributed by atoms with van der Waals surface area (Å²) >= 11 is 0.